The first-order chi connectivity index (χ1) is 8.84. The van der Waals surface area contributed by atoms with Crippen LogP contribution in [0, 0.1) is 0 Å². The van der Waals surface area contributed by atoms with Gasteiger partial charge in [-0.05, 0) is 18.4 Å². The second kappa shape index (κ2) is 4.88. The quantitative estimate of drug-likeness (QED) is 0.897. The van der Waals surface area contributed by atoms with Gasteiger partial charge in [0, 0.05) is 6.61 Å². The molecule has 1 aliphatic rings. The molecule has 2 aromatic rings. The summed E-state index contributed by atoms with van der Waals surface area (Å²) in [6, 6.07) is 9.24. The molecule has 2 atom stereocenters. The van der Waals surface area contributed by atoms with Gasteiger partial charge in [-0.15, -0.1) is 0 Å². The Morgan fingerprint density at radius 2 is 2.11 bits per heavy atom. The number of aromatic nitrogens is 2. The molecule has 0 spiro atoms. The molecule has 1 fully saturated rings. The Kier molecular flexibility index (Phi) is 3.08. The van der Waals surface area contributed by atoms with Crippen LogP contribution < -0.4 is 0 Å². The smallest absolute Gasteiger partial charge is 0.260 e. The fourth-order valence-electron chi connectivity index (χ4n) is 2.05. The van der Waals surface area contributed by atoms with E-state index in [-0.39, 0.29) is 12.0 Å². The third-order valence-electron chi connectivity index (χ3n) is 3.02. The third-order valence-corrected chi connectivity index (χ3v) is 3.02. The van der Waals surface area contributed by atoms with E-state index in [1.165, 1.54) is 0 Å². The Bertz CT molecular complexity index is 506. The first-order valence-electron chi connectivity index (χ1n) is 6.03. The van der Waals surface area contributed by atoms with Gasteiger partial charge in [-0.1, -0.05) is 35.5 Å². The van der Waals surface area contributed by atoms with Gasteiger partial charge in [0.1, 0.15) is 6.10 Å². The van der Waals surface area contributed by atoms with Crippen molar-refractivity contribution in [3.63, 3.8) is 0 Å². The fourth-order valence-corrected chi connectivity index (χ4v) is 2.05. The van der Waals surface area contributed by atoms with Crippen molar-refractivity contribution in [1.29, 1.82) is 0 Å². The monoisotopic (exact) mass is 246 g/mol. The van der Waals surface area contributed by atoms with Crippen LogP contribution in [0.5, 0.6) is 0 Å². The lowest BCUT2D eigenvalue weighted by atomic mass is 10.1. The molecule has 94 valence electrons. The zero-order chi connectivity index (χ0) is 12.4. The highest BCUT2D eigenvalue weighted by molar-refractivity contribution is 5.21. The maximum atomic E-state index is 10.1. The first-order valence-corrected chi connectivity index (χ1v) is 6.03. The van der Waals surface area contributed by atoms with Gasteiger partial charge in [-0.2, -0.15) is 4.98 Å². The summed E-state index contributed by atoms with van der Waals surface area (Å²) in [4.78, 5) is 4.22. The van der Waals surface area contributed by atoms with Crippen LogP contribution in [-0.4, -0.2) is 21.9 Å². The zero-order valence-corrected chi connectivity index (χ0v) is 9.82. The van der Waals surface area contributed by atoms with E-state index < -0.39 is 6.10 Å². The number of benzene rings is 1. The van der Waals surface area contributed by atoms with Crippen LogP contribution in [0.15, 0.2) is 34.9 Å². The number of hydrogen-bond donors (Lipinski definition) is 1. The first kappa shape index (κ1) is 11.4. The van der Waals surface area contributed by atoms with E-state index in [9.17, 15) is 5.11 Å². The van der Waals surface area contributed by atoms with Crippen LogP contribution in [-0.2, 0) is 4.74 Å². The van der Waals surface area contributed by atoms with E-state index in [1.54, 1.807) is 0 Å². The zero-order valence-electron chi connectivity index (χ0n) is 9.82. The SMILES string of the molecule is OC(c1ccccc1)c1nc(C2CCCO2)no1. The van der Waals surface area contributed by atoms with Gasteiger partial charge in [-0.25, -0.2) is 0 Å². The van der Waals surface area contributed by atoms with E-state index in [0.717, 1.165) is 25.0 Å². The minimum absolute atomic E-state index is 0.0922. The van der Waals surface area contributed by atoms with Crippen LogP contribution in [0.3, 0.4) is 0 Å². The largest absolute Gasteiger partial charge is 0.378 e. The number of aliphatic hydroxyl groups is 1. The predicted octanol–water partition coefficient (Wildman–Crippen LogP) is 2.00. The van der Waals surface area contributed by atoms with Crippen molar-refractivity contribution in [3.8, 4) is 0 Å². The number of ether oxygens (including phenoxy) is 1. The van der Waals surface area contributed by atoms with Crippen molar-refractivity contribution >= 4 is 0 Å². The van der Waals surface area contributed by atoms with Crippen LogP contribution in [0.1, 0.15) is 42.3 Å². The third kappa shape index (κ3) is 2.14. The Labute approximate surface area is 104 Å². The van der Waals surface area contributed by atoms with Gasteiger partial charge < -0.3 is 14.4 Å². The van der Waals surface area contributed by atoms with E-state index in [1.807, 2.05) is 30.3 Å². The van der Waals surface area contributed by atoms with E-state index in [0.29, 0.717) is 5.82 Å². The lowest BCUT2D eigenvalue weighted by Gasteiger charge is -2.05. The molecule has 18 heavy (non-hydrogen) atoms. The van der Waals surface area contributed by atoms with Gasteiger partial charge in [-0.3, -0.25) is 0 Å². The highest BCUT2D eigenvalue weighted by Gasteiger charge is 2.25. The summed E-state index contributed by atoms with van der Waals surface area (Å²) in [6.45, 7) is 0.732. The maximum absolute atomic E-state index is 10.1. The summed E-state index contributed by atoms with van der Waals surface area (Å²) in [5, 5.41) is 14.0. The van der Waals surface area contributed by atoms with Crippen molar-refractivity contribution in [2.75, 3.05) is 6.61 Å². The Morgan fingerprint density at radius 1 is 1.28 bits per heavy atom. The van der Waals surface area contributed by atoms with E-state index in [2.05, 4.69) is 10.1 Å². The summed E-state index contributed by atoms with van der Waals surface area (Å²) >= 11 is 0. The van der Waals surface area contributed by atoms with E-state index in [4.69, 9.17) is 9.26 Å². The highest BCUT2D eigenvalue weighted by atomic mass is 16.5. The molecule has 2 unspecified atom stereocenters. The molecular formula is C13H14N2O3. The normalized spacial score (nSPS) is 21.1. The van der Waals surface area contributed by atoms with Crippen molar-refractivity contribution in [1.82, 2.24) is 10.1 Å². The lowest BCUT2D eigenvalue weighted by molar-refractivity contribution is 0.102. The van der Waals surface area contributed by atoms with Crippen molar-refractivity contribution in [3.05, 3.63) is 47.6 Å². The molecule has 0 amide bonds. The van der Waals surface area contributed by atoms with Gasteiger partial charge in [0.2, 0.25) is 5.82 Å². The molecule has 0 bridgehead atoms. The minimum atomic E-state index is -0.881. The van der Waals surface area contributed by atoms with Crippen molar-refractivity contribution in [2.24, 2.45) is 0 Å². The predicted molar refractivity (Wildman–Crippen MR) is 62.7 cm³/mol. The molecular weight excluding hydrogens is 232 g/mol. The van der Waals surface area contributed by atoms with Gasteiger partial charge in [0.15, 0.2) is 6.10 Å². The van der Waals surface area contributed by atoms with Crippen molar-refractivity contribution < 1.29 is 14.4 Å². The van der Waals surface area contributed by atoms with Crippen LogP contribution in [0.2, 0.25) is 0 Å². The minimum Gasteiger partial charge on any atom is -0.378 e. The molecule has 1 N–H and O–H groups in total. The standard InChI is InChI=1S/C13H14N2O3/c16-11(9-5-2-1-3-6-9)13-14-12(15-18-13)10-7-4-8-17-10/h1-3,5-6,10-11,16H,4,7-8H2. The Balaban J connectivity index is 1.80. The molecule has 1 saturated heterocycles. The topological polar surface area (TPSA) is 68.4 Å². The summed E-state index contributed by atoms with van der Waals surface area (Å²) in [7, 11) is 0. The second-order valence-electron chi connectivity index (χ2n) is 4.31. The molecule has 5 nitrogen and oxygen atoms in total. The fraction of sp³-hybridized carbons (Fsp3) is 0.385. The second-order valence-corrected chi connectivity index (χ2v) is 4.31. The number of nitrogens with zero attached hydrogens (tertiary/aromatic N) is 2. The number of rotatable bonds is 3. The summed E-state index contributed by atoms with van der Waals surface area (Å²) < 4.78 is 10.6. The number of hydrogen-bond acceptors (Lipinski definition) is 5. The molecule has 3 rings (SSSR count). The van der Waals surface area contributed by atoms with Gasteiger partial charge in [0.25, 0.3) is 5.89 Å². The summed E-state index contributed by atoms with van der Waals surface area (Å²) in [5.74, 6) is 0.740. The lowest BCUT2D eigenvalue weighted by Crippen LogP contribution is -2.02. The van der Waals surface area contributed by atoms with Crippen LogP contribution in [0.25, 0.3) is 0 Å². The highest BCUT2D eigenvalue weighted by Crippen LogP contribution is 2.28. The Hall–Kier alpha value is -1.72. The van der Waals surface area contributed by atoms with E-state index >= 15 is 0 Å². The molecule has 0 saturated carbocycles. The molecule has 2 heterocycles. The molecule has 5 heteroatoms. The summed E-state index contributed by atoms with van der Waals surface area (Å²) in [6.07, 6.45) is 0.940. The molecule has 0 aliphatic carbocycles. The Morgan fingerprint density at radius 3 is 2.83 bits per heavy atom. The van der Waals surface area contributed by atoms with Gasteiger partial charge in [0.05, 0.1) is 0 Å². The molecule has 1 aliphatic heterocycles. The molecule has 1 aromatic heterocycles. The summed E-state index contributed by atoms with van der Waals surface area (Å²) in [5.41, 5.74) is 0.736. The van der Waals surface area contributed by atoms with Crippen molar-refractivity contribution in [2.45, 2.75) is 25.0 Å². The van der Waals surface area contributed by atoms with Crippen LogP contribution in [0.4, 0.5) is 0 Å². The maximum Gasteiger partial charge on any atom is 0.260 e. The molecule has 1 aromatic carbocycles. The molecule has 0 radical (unpaired) electrons. The average molecular weight is 246 g/mol. The van der Waals surface area contributed by atoms with Gasteiger partial charge >= 0.3 is 0 Å². The number of aliphatic hydroxyl groups excluding tert-OH is 1. The average Bonchev–Trinajstić information content (AvgIpc) is 3.09. The van der Waals surface area contributed by atoms with Crippen LogP contribution >= 0.6 is 0 Å².